The SMILES string of the molecule is FC1(F)CN(c2cc(C3CCOCC3)cc(Nc3ccccn3)n2)C1. The van der Waals surface area contributed by atoms with Crippen molar-refractivity contribution < 1.29 is 13.5 Å². The van der Waals surface area contributed by atoms with Crippen LogP contribution in [0.5, 0.6) is 0 Å². The zero-order chi connectivity index (χ0) is 17.3. The molecule has 0 amide bonds. The highest BCUT2D eigenvalue weighted by Gasteiger charge is 2.44. The van der Waals surface area contributed by atoms with Gasteiger partial charge in [-0.15, -0.1) is 0 Å². The Morgan fingerprint density at radius 2 is 1.92 bits per heavy atom. The van der Waals surface area contributed by atoms with Gasteiger partial charge in [-0.3, -0.25) is 0 Å². The lowest BCUT2D eigenvalue weighted by molar-refractivity contribution is -0.0267. The number of nitrogens with zero attached hydrogens (tertiary/aromatic N) is 3. The third-order valence-corrected chi connectivity index (χ3v) is 4.62. The van der Waals surface area contributed by atoms with Gasteiger partial charge in [0.2, 0.25) is 0 Å². The Balaban J connectivity index is 1.62. The summed E-state index contributed by atoms with van der Waals surface area (Å²) in [4.78, 5) is 10.4. The standard InChI is InChI=1S/C18H20F2N4O/c19-18(20)11-24(12-18)17-10-14(13-4-7-25-8-5-13)9-16(23-17)22-15-3-1-2-6-21-15/h1-3,6,9-10,13H,4-5,7-8,11-12H2,(H,21,22,23). The lowest BCUT2D eigenvalue weighted by Gasteiger charge is -2.40. The van der Waals surface area contributed by atoms with E-state index in [0.29, 0.717) is 23.4 Å². The van der Waals surface area contributed by atoms with Gasteiger partial charge in [-0.25, -0.2) is 18.7 Å². The molecule has 0 aliphatic carbocycles. The summed E-state index contributed by atoms with van der Waals surface area (Å²) in [5.74, 6) is -0.355. The van der Waals surface area contributed by atoms with E-state index >= 15 is 0 Å². The fourth-order valence-corrected chi connectivity index (χ4v) is 3.27. The number of hydrogen-bond donors (Lipinski definition) is 1. The van der Waals surface area contributed by atoms with Gasteiger partial charge in [-0.1, -0.05) is 6.07 Å². The molecule has 0 spiro atoms. The lowest BCUT2D eigenvalue weighted by Crippen LogP contribution is -2.56. The maximum atomic E-state index is 13.3. The minimum atomic E-state index is -2.62. The highest BCUT2D eigenvalue weighted by Crippen LogP contribution is 2.35. The number of hydrogen-bond acceptors (Lipinski definition) is 5. The Kier molecular flexibility index (Phi) is 4.25. The van der Waals surface area contributed by atoms with Crippen LogP contribution in [0.2, 0.25) is 0 Å². The van der Waals surface area contributed by atoms with E-state index in [4.69, 9.17) is 4.74 Å². The molecule has 0 radical (unpaired) electrons. The number of pyridine rings is 2. The van der Waals surface area contributed by atoms with Gasteiger partial charge in [-0.2, -0.15) is 0 Å². The fourth-order valence-electron chi connectivity index (χ4n) is 3.27. The van der Waals surface area contributed by atoms with Crippen molar-refractivity contribution >= 4 is 17.5 Å². The molecule has 2 fully saturated rings. The number of alkyl halides is 2. The van der Waals surface area contributed by atoms with Gasteiger partial charge in [0.05, 0.1) is 13.1 Å². The number of rotatable bonds is 4. The molecule has 0 saturated carbocycles. The predicted octanol–water partition coefficient (Wildman–Crippen LogP) is 3.57. The zero-order valence-corrected chi connectivity index (χ0v) is 13.8. The van der Waals surface area contributed by atoms with Gasteiger partial charge in [0.1, 0.15) is 17.5 Å². The summed E-state index contributed by atoms with van der Waals surface area (Å²) in [5.41, 5.74) is 1.11. The van der Waals surface area contributed by atoms with E-state index in [1.807, 2.05) is 30.3 Å². The smallest absolute Gasteiger partial charge is 0.282 e. The second-order valence-corrected chi connectivity index (χ2v) is 6.58. The van der Waals surface area contributed by atoms with Crippen LogP contribution in [-0.4, -0.2) is 42.2 Å². The fraction of sp³-hybridized carbons (Fsp3) is 0.444. The number of nitrogens with one attached hydrogen (secondary N) is 1. The summed E-state index contributed by atoms with van der Waals surface area (Å²) >= 11 is 0. The molecule has 0 aromatic carbocycles. The molecular formula is C18H20F2N4O. The average molecular weight is 346 g/mol. The summed E-state index contributed by atoms with van der Waals surface area (Å²) in [5, 5.41) is 3.18. The molecule has 2 saturated heterocycles. The van der Waals surface area contributed by atoms with Gasteiger partial charge in [-0.05, 0) is 48.6 Å². The van der Waals surface area contributed by atoms with Crippen molar-refractivity contribution in [2.75, 3.05) is 36.5 Å². The minimum absolute atomic E-state index is 0.278. The summed E-state index contributed by atoms with van der Waals surface area (Å²) in [7, 11) is 0. The molecule has 4 rings (SSSR count). The van der Waals surface area contributed by atoms with Gasteiger partial charge >= 0.3 is 0 Å². The first-order valence-corrected chi connectivity index (χ1v) is 8.50. The Morgan fingerprint density at radius 3 is 2.60 bits per heavy atom. The van der Waals surface area contributed by atoms with E-state index in [1.54, 1.807) is 11.1 Å². The van der Waals surface area contributed by atoms with Crippen molar-refractivity contribution in [3.63, 3.8) is 0 Å². The highest BCUT2D eigenvalue weighted by molar-refractivity contribution is 5.58. The second-order valence-electron chi connectivity index (χ2n) is 6.58. The molecule has 0 atom stereocenters. The van der Waals surface area contributed by atoms with Crippen LogP contribution >= 0.6 is 0 Å². The second kappa shape index (κ2) is 6.55. The Labute approximate surface area is 145 Å². The maximum absolute atomic E-state index is 13.3. The van der Waals surface area contributed by atoms with Crippen LogP contribution in [0.15, 0.2) is 36.5 Å². The van der Waals surface area contributed by atoms with Crippen LogP contribution in [0.4, 0.5) is 26.2 Å². The lowest BCUT2D eigenvalue weighted by atomic mass is 9.92. The molecule has 25 heavy (non-hydrogen) atoms. The monoisotopic (exact) mass is 346 g/mol. The van der Waals surface area contributed by atoms with E-state index in [-0.39, 0.29) is 13.1 Å². The first-order valence-electron chi connectivity index (χ1n) is 8.50. The van der Waals surface area contributed by atoms with Crippen LogP contribution in [0, 0.1) is 0 Å². The third kappa shape index (κ3) is 3.71. The van der Waals surface area contributed by atoms with E-state index in [2.05, 4.69) is 15.3 Å². The number of halogens is 2. The quantitative estimate of drug-likeness (QED) is 0.917. The topological polar surface area (TPSA) is 50.3 Å². The van der Waals surface area contributed by atoms with Crippen molar-refractivity contribution in [3.05, 3.63) is 42.1 Å². The summed E-state index contributed by atoms with van der Waals surface area (Å²) in [6, 6.07) is 9.50. The summed E-state index contributed by atoms with van der Waals surface area (Å²) in [6.07, 6.45) is 3.56. The zero-order valence-electron chi connectivity index (χ0n) is 13.8. The number of ether oxygens (including phenoxy) is 1. The van der Waals surface area contributed by atoms with Gasteiger partial charge < -0.3 is 15.0 Å². The molecule has 2 aromatic rings. The van der Waals surface area contributed by atoms with E-state index in [9.17, 15) is 8.78 Å². The Bertz CT molecular complexity index is 727. The molecule has 7 heteroatoms. The molecule has 132 valence electrons. The van der Waals surface area contributed by atoms with Crippen molar-refractivity contribution in [2.45, 2.75) is 24.7 Å². The van der Waals surface area contributed by atoms with E-state index in [0.717, 1.165) is 31.6 Å². The van der Waals surface area contributed by atoms with Gasteiger partial charge in [0.15, 0.2) is 0 Å². The molecule has 4 heterocycles. The van der Waals surface area contributed by atoms with Gasteiger partial charge in [0, 0.05) is 19.4 Å². The molecule has 1 N–H and O–H groups in total. The van der Waals surface area contributed by atoms with Crippen molar-refractivity contribution in [3.8, 4) is 0 Å². The molecular weight excluding hydrogens is 326 g/mol. The largest absolute Gasteiger partial charge is 0.381 e. The van der Waals surface area contributed by atoms with Crippen molar-refractivity contribution in [2.24, 2.45) is 0 Å². The molecule has 5 nitrogen and oxygen atoms in total. The molecule has 0 bridgehead atoms. The van der Waals surface area contributed by atoms with E-state index in [1.165, 1.54) is 0 Å². The first-order chi connectivity index (χ1) is 12.1. The Morgan fingerprint density at radius 1 is 1.12 bits per heavy atom. The van der Waals surface area contributed by atoms with E-state index < -0.39 is 5.92 Å². The summed E-state index contributed by atoms with van der Waals surface area (Å²) < 4.78 is 32.0. The normalized spacial score (nSPS) is 20.2. The molecule has 2 aliphatic rings. The van der Waals surface area contributed by atoms with Crippen LogP contribution in [0.3, 0.4) is 0 Å². The Hall–Kier alpha value is -2.28. The molecule has 0 unspecified atom stereocenters. The van der Waals surface area contributed by atoms with Crippen LogP contribution < -0.4 is 10.2 Å². The molecule has 2 aromatic heterocycles. The van der Waals surface area contributed by atoms with Crippen LogP contribution in [0.25, 0.3) is 0 Å². The molecule has 2 aliphatic heterocycles. The van der Waals surface area contributed by atoms with Crippen LogP contribution in [0.1, 0.15) is 24.3 Å². The minimum Gasteiger partial charge on any atom is -0.381 e. The van der Waals surface area contributed by atoms with Gasteiger partial charge in [0.25, 0.3) is 5.92 Å². The first kappa shape index (κ1) is 16.2. The average Bonchev–Trinajstić information content (AvgIpc) is 2.61. The van der Waals surface area contributed by atoms with Crippen LogP contribution in [-0.2, 0) is 4.74 Å². The summed E-state index contributed by atoms with van der Waals surface area (Å²) in [6.45, 7) is 0.904. The number of anilines is 3. The maximum Gasteiger partial charge on any atom is 0.282 e. The highest BCUT2D eigenvalue weighted by atomic mass is 19.3. The van der Waals surface area contributed by atoms with Crippen molar-refractivity contribution in [1.29, 1.82) is 0 Å². The number of aromatic nitrogens is 2. The third-order valence-electron chi connectivity index (χ3n) is 4.62. The van der Waals surface area contributed by atoms with Crippen molar-refractivity contribution in [1.82, 2.24) is 9.97 Å². The predicted molar refractivity (Wildman–Crippen MR) is 91.7 cm³/mol.